The molecule has 2 N–H and O–H groups in total. The van der Waals surface area contributed by atoms with Gasteiger partial charge in [0.25, 0.3) is 11.6 Å². The van der Waals surface area contributed by atoms with Gasteiger partial charge in [-0.3, -0.25) is 19.7 Å². The van der Waals surface area contributed by atoms with Gasteiger partial charge in [-0.15, -0.1) is 0 Å². The first-order valence-corrected chi connectivity index (χ1v) is 7.78. The number of amides is 2. The lowest BCUT2D eigenvalue weighted by Gasteiger charge is -2.15. The molecule has 0 spiro atoms. The molecule has 0 radical (unpaired) electrons. The summed E-state index contributed by atoms with van der Waals surface area (Å²) < 4.78 is 0. The molecule has 0 aliphatic rings. The molecule has 0 saturated heterocycles. The van der Waals surface area contributed by atoms with Crippen LogP contribution in [0.25, 0.3) is 0 Å². The van der Waals surface area contributed by atoms with Crippen LogP contribution in [-0.2, 0) is 4.79 Å². The smallest absolute Gasteiger partial charge is 0.270 e. The van der Waals surface area contributed by atoms with Crippen molar-refractivity contribution in [3.63, 3.8) is 0 Å². The highest BCUT2D eigenvalue weighted by Gasteiger charge is 2.19. The fourth-order valence-electron chi connectivity index (χ4n) is 2.08. The van der Waals surface area contributed by atoms with Crippen LogP contribution in [0.4, 0.5) is 11.4 Å². The van der Waals surface area contributed by atoms with Crippen molar-refractivity contribution in [1.82, 2.24) is 5.32 Å². The van der Waals surface area contributed by atoms with Crippen LogP contribution in [-0.4, -0.2) is 22.8 Å². The molecule has 2 aromatic carbocycles. The summed E-state index contributed by atoms with van der Waals surface area (Å²) in [6, 6.07) is 9.54. The van der Waals surface area contributed by atoms with Gasteiger partial charge in [-0.2, -0.15) is 0 Å². The largest absolute Gasteiger partial charge is 0.341 e. The van der Waals surface area contributed by atoms with Crippen molar-refractivity contribution in [3.05, 3.63) is 68.7 Å². The van der Waals surface area contributed by atoms with E-state index in [9.17, 15) is 19.7 Å². The summed E-state index contributed by atoms with van der Waals surface area (Å²) in [5.41, 5.74) is 1.29. The maximum atomic E-state index is 12.2. The fraction of sp³-hybridized carbons (Fsp3) is 0.176. The third-order valence-electron chi connectivity index (χ3n) is 3.52. The molecule has 0 aliphatic heterocycles. The van der Waals surface area contributed by atoms with Crippen molar-refractivity contribution in [2.75, 3.05) is 5.32 Å². The van der Waals surface area contributed by atoms with E-state index >= 15 is 0 Å². The lowest BCUT2D eigenvalue weighted by molar-refractivity contribution is -0.384. The molecule has 0 fully saturated rings. The molecular formula is C17H16ClN3O4. The molecule has 8 heteroatoms. The molecule has 1 unspecified atom stereocenters. The molecule has 130 valence electrons. The van der Waals surface area contributed by atoms with E-state index < -0.39 is 22.8 Å². The van der Waals surface area contributed by atoms with Gasteiger partial charge >= 0.3 is 0 Å². The van der Waals surface area contributed by atoms with Crippen LogP contribution in [0, 0.1) is 17.0 Å². The van der Waals surface area contributed by atoms with Gasteiger partial charge in [0.2, 0.25) is 5.91 Å². The first-order valence-electron chi connectivity index (χ1n) is 7.40. The zero-order chi connectivity index (χ0) is 18.6. The van der Waals surface area contributed by atoms with Crippen molar-refractivity contribution in [2.24, 2.45) is 0 Å². The van der Waals surface area contributed by atoms with E-state index in [-0.39, 0.29) is 11.3 Å². The molecule has 1 atom stereocenters. The Hall–Kier alpha value is -2.93. The summed E-state index contributed by atoms with van der Waals surface area (Å²) in [6.45, 7) is 3.34. The van der Waals surface area contributed by atoms with Crippen molar-refractivity contribution in [3.8, 4) is 0 Å². The first kappa shape index (κ1) is 18.4. The minimum absolute atomic E-state index is 0.104. The van der Waals surface area contributed by atoms with Crippen molar-refractivity contribution in [2.45, 2.75) is 19.9 Å². The summed E-state index contributed by atoms with van der Waals surface area (Å²) >= 11 is 5.91. The average Bonchev–Trinajstić information content (AvgIpc) is 2.58. The number of nitro benzene ring substituents is 1. The minimum atomic E-state index is -0.842. The van der Waals surface area contributed by atoms with Crippen molar-refractivity contribution in [1.29, 1.82) is 0 Å². The predicted octanol–water partition coefficient (Wildman–Crippen LogP) is 3.31. The average molecular weight is 362 g/mol. The highest BCUT2D eigenvalue weighted by Crippen LogP contribution is 2.20. The Bertz CT molecular complexity index is 838. The summed E-state index contributed by atoms with van der Waals surface area (Å²) in [6.07, 6.45) is 0. The number of hydrogen-bond donors (Lipinski definition) is 2. The molecule has 0 saturated carbocycles. The second-order valence-corrected chi connectivity index (χ2v) is 5.89. The Labute approximate surface area is 149 Å². The number of halogens is 1. The number of non-ortho nitro benzene ring substituents is 1. The molecule has 0 aromatic heterocycles. The maximum absolute atomic E-state index is 12.2. The fourth-order valence-corrected chi connectivity index (χ4v) is 2.25. The predicted molar refractivity (Wildman–Crippen MR) is 94.8 cm³/mol. The van der Waals surface area contributed by atoms with E-state index in [0.717, 1.165) is 11.6 Å². The zero-order valence-corrected chi connectivity index (χ0v) is 14.3. The number of carbonyl (C=O) groups excluding carboxylic acids is 2. The van der Waals surface area contributed by atoms with E-state index in [2.05, 4.69) is 10.6 Å². The minimum Gasteiger partial charge on any atom is -0.341 e. The molecule has 2 aromatic rings. The van der Waals surface area contributed by atoms with Gasteiger partial charge in [0.1, 0.15) is 6.04 Å². The van der Waals surface area contributed by atoms with Gasteiger partial charge in [-0.05, 0) is 37.6 Å². The lowest BCUT2D eigenvalue weighted by atomic mass is 10.1. The van der Waals surface area contributed by atoms with Crippen LogP contribution in [0.15, 0.2) is 42.5 Å². The number of nitrogens with one attached hydrogen (secondary N) is 2. The molecule has 2 amide bonds. The van der Waals surface area contributed by atoms with Crippen LogP contribution in [0.1, 0.15) is 22.8 Å². The van der Waals surface area contributed by atoms with Crippen LogP contribution in [0.2, 0.25) is 5.02 Å². The molecule has 0 bridgehead atoms. The summed E-state index contributed by atoms with van der Waals surface area (Å²) in [5.74, 6) is -1.00. The molecule has 7 nitrogen and oxygen atoms in total. The first-order chi connectivity index (χ1) is 11.8. The normalized spacial score (nSPS) is 11.5. The Kier molecular flexibility index (Phi) is 5.71. The molecular weight excluding hydrogens is 346 g/mol. The topological polar surface area (TPSA) is 101 Å². The summed E-state index contributed by atoms with van der Waals surface area (Å²) in [7, 11) is 0. The van der Waals surface area contributed by atoms with Gasteiger partial charge < -0.3 is 10.6 Å². The number of benzene rings is 2. The van der Waals surface area contributed by atoms with E-state index in [1.54, 1.807) is 18.2 Å². The number of anilines is 1. The van der Waals surface area contributed by atoms with Gasteiger partial charge in [-0.25, -0.2) is 0 Å². The van der Waals surface area contributed by atoms with Gasteiger partial charge in [0.05, 0.1) is 4.92 Å². The SMILES string of the molecule is Cc1ccc(Cl)cc1NC(=O)C(C)NC(=O)c1cccc([N+](=O)[O-])c1. The number of nitro groups is 1. The van der Waals surface area contributed by atoms with Crippen LogP contribution < -0.4 is 10.6 Å². The van der Waals surface area contributed by atoms with E-state index in [4.69, 9.17) is 11.6 Å². The Morgan fingerprint density at radius 2 is 1.92 bits per heavy atom. The summed E-state index contributed by atoms with van der Waals surface area (Å²) in [4.78, 5) is 34.6. The standard InChI is InChI=1S/C17H16ClN3O4/c1-10-6-7-13(18)9-15(10)20-16(22)11(2)19-17(23)12-4-3-5-14(8-12)21(24)25/h3-9,11H,1-2H3,(H,19,23)(H,20,22). The van der Waals surface area contributed by atoms with Crippen LogP contribution >= 0.6 is 11.6 Å². The number of aryl methyl sites for hydroxylation is 1. The van der Waals surface area contributed by atoms with Crippen molar-refractivity contribution < 1.29 is 14.5 Å². The number of rotatable bonds is 5. The highest BCUT2D eigenvalue weighted by atomic mass is 35.5. The third kappa shape index (κ3) is 4.77. The van der Waals surface area contributed by atoms with Gasteiger partial charge in [-0.1, -0.05) is 23.7 Å². The molecule has 2 rings (SSSR count). The molecule has 0 heterocycles. The lowest BCUT2D eigenvalue weighted by Crippen LogP contribution is -2.41. The molecule has 0 aliphatic carbocycles. The van der Waals surface area contributed by atoms with Crippen LogP contribution in [0.5, 0.6) is 0 Å². The van der Waals surface area contributed by atoms with Crippen molar-refractivity contribution >= 4 is 34.8 Å². The number of nitrogens with zero attached hydrogens (tertiary/aromatic N) is 1. The quantitative estimate of drug-likeness (QED) is 0.630. The van der Waals surface area contributed by atoms with E-state index in [1.807, 2.05) is 6.92 Å². The zero-order valence-electron chi connectivity index (χ0n) is 13.6. The second-order valence-electron chi connectivity index (χ2n) is 5.45. The second kappa shape index (κ2) is 7.76. The Morgan fingerprint density at radius 1 is 1.20 bits per heavy atom. The number of carbonyl (C=O) groups is 2. The number of hydrogen-bond acceptors (Lipinski definition) is 4. The van der Waals surface area contributed by atoms with E-state index in [0.29, 0.717) is 10.7 Å². The van der Waals surface area contributed by atoms with Gasteiger partial charge in [0.15, 0.2) is 0 Å². The van der Waals surface area contributed by atoms with E-state index in [1.165, 1.54) is 25.1 Å². The highest BCUT2D eigenvalue weighted by molar-refractivity contribution is 6.31. The van der Waals surface area contributed by atoms with Gasteiger partial charge in [0, 0.05) is 28.4 Å². The molecule has 25 heavy (non-hydrogen) atoms. The monoisotopic (exact) mass is 361 g/mol. The Balaban J connectivity index is 2.05. The maximum Gasteiger partial charge on any atom is 0.270 e. The Morgan fingerprint density at radius 3 is 2.60 bits per heavy atom. The summed E-state index contributed by atoms with van der Waals surface area (Å²) in [5, 5.41) is 16.4. The third-order valence-corrected chi connectivity index (χ3v) is 3.75. The van der Waals surface area contributed by atoms with Crippen LogP contribution in [0.3, 0.4) is 0 Å².